The molecular formula is C27H28N4O2S. The first-order chi connectivity index (χ1) is 16.7. The lowest BCUT2D eigenvalue weighted by molar-refractivity contribution is -0.136. The van der Waals surface area contributed by atoms with Crippen LogP contribution in [0.5, 0.6) is 5.88 Å². The number of thiophene rings is 1. The highest BCUT2D eigenvalue weighted by atomic mass is 32.1. The van der Waals surface area contributed by atoms with Crippen molar-refractivity contribution in [3.05, 3.63) is 77.1 Å². The third-order valence-corrected chi connectivity index (χ3v) is 8.27. The second-order valence-electron chi connectivity index (χ2n) is 9.28. The van der Waals surface area contributed by atoms with Crippen molar-refractivity contribution in [1.29, 1.82) is 0 Å². The molecule has 1 fully saturated rings. The number of anilines is 1. The number of amides is 1. The van der Waals surface area contributed by atoms with Crippen molar-refractivity contribution < 1.29 is 9.90 Å². The standard InChI is InChI=1S/C27H28N4O2S/c32-23(12-11-18-7-3-4-14-28-18)31-22-10-2-1-9-20(22)30-21-16-29-27(33)24(21)25(31)19-8-5-6-17-13-15-34-26(17)19/h3-8,13-16,20,22,25,29-30,33H,1-2,9-12H2/t20-,22-,25-/m1/s1. The number of benzene rings is 1. The summed E-state index contributed by atoms with van der Waals surface area (Å²) in [5, 5.41) is 17.9. The van der Waals surface area contributed by atoms with Crippen molar-refractivity contribution >= 4 is 33.0 Å². The fourth-order valence-electron chi connectivity index (χ4n) is 5.74. The van der Waals surface area contributed by atoms with E-state index in [9.17, 15) is 9.90 Å². The quantitative estimate of drug-likeness (QED) is 0.360. The number of aromatic amines is 1. The van der Waals surface area contributed by atoms with E-state index in [0.29, 0.717) is 12.8 Å². The number of aromatic hydroxyl groups is 1. The number of hydrogen-bond acceptors (Lipinski definition) is 5. The highest BCUT2D eigenvalue weighted by Gasteiger charge is 2.43. The number of aryl methyl sites for hydroxylation is 1. The zero-order valence-corrected chi connectivity index (χ0v) is 19.7. The third-order valence-electron chi connectivity index (χ3n) is 7.29. The van der Waals surface area contributed by atoms with Crippen molar-refractivity contribution in [3.8, 4) is 5.88 Å². The van der Waals surface area contributed by atoms with Gasteiger partial charge in [0.05, 0.1) is 23.3 Å². The third kappa shape index (κ3) is 3.64. The molecule has 1 aliphatic carbocycles. The summed E-state index contributed by atoms with van der Waals surface area (Å²) in [4.78, 5) is 23.6. The van der Waals surface area contributed by atoms with Gasteiger partial charge in [-0.25, -0.2) is 0 Å². The lowest BCUT2D eigenvalue weighted by Crippen LogP contribution is -2.51. The number of fused-ring (bicyclic) bond motifs is 3. The Balaban J connectivity index is 1.48. The van der Waals surface area contributed by atoms with Gasteiger partial charge in [0.15, 0.2) is 5.88 Å². The Labute approximate surface area is 202 Å². The average molecular weight is 473 g/mol. The SMILES string of the molecule is O=C(CCc1ccccn1)N1[C@H](c2cccc3ccsc23)c2c(c[nH]c2O)N[C@@H]2CCCC[C@H]21. The molecule has 1 amide bonds. The van der Waals surface area contributed by atoms with Gasteiger partial charge in [-0.15, -0.1) is 11.3 Å². The molecule has 4 heterocycles. The molecule has 0 saturated heterocycles. The van der Waals surface area contributed by atoms with E-state index >= 15 is 0 Å². The predicted molar refractivity (Wildman–Crippen MR) is 135 cm³/mol. The Morgan fingerprint density at radius 2 is 2.06 bits per heavy atom. The van der Waals surface area contributed by atoms with Gasteiger partial charge in [-0.2, -0.15) is 0 Å². The van der Waals surface area contributed by atoms with Crippen molar-refractivity contribution in [3.63, 3.8) is 0 Å². The molecule has 1 saturated carbocycles. The van der Waals surface area contributed by atoms with Crippen molar-refractivity contribution in [2.75, 3.05) is 5.32 Å². The first-order valence-electron chi connectivity index (χ1n) is 12.0. The molecule has 7 heteroatoms. The molecule has 0 spiro atoms. The monoisotopic (exact) mass is 472 g/mol. The first kappa shape index (κ1) is 21.2. The highest BCUT2D eigenvalue weighted by molar-refractivity contribution is 7.17. The molecular weight excluding hydrogens is 444 g/mol. The van der Waals surface area contributed by atoms with E-state index < -0.39 is 0 Å². The molecule has 3 atom stereocenters. The molecule has 6 rings (SSSR count). The molecule has 0 bridgehead atoms. The van der Waals surface area contributed by atoms with Crippen LogP contribution in [0.1, 0.15) is 55.0 Å². The largest absolute Gasteiger partial charge is 0.494 e. The van der Waals surface area contributed by atoms with Crippen LogP contribution in [0.3, 0.4) is 0 Å². The summed E-state index contributed by atoms with van der Waals surface area (Å²) < 4.78 is 1.16. The first-order valence-corrected chi connectivity index (χ1v) is 12.9. The van der Waals surface area contributed by atoms with E-state index in [0.717, 1.165) is 58.3 Å². The minimum Gasteiger partial charge on any atom is -0.494 e. The molecule has 3 aromatic heterocycles. The molecule has 2 aliphatic rings. The number of rotatable bonds is 4. The van der Waals surface area contributed by atoms with Crippen LogP contribution in [0, 0.1) is 0 Å². The smallest absolute Gasteiger partial charge is 0.224 e. The Kier molecular flexibility index (Phi) is 5.49. The Bertz CT molecular complexity index is 1310. The molecule has 34 heavy (non-hydrogen) atoms. The summed E-state index contributed by atoms with van der Waals surface area (Å²) >= 11 is 1.69. The maximum Gasteiger partial charge on any atom is 0.224 e. The fraction of sp³-hybridized carbons (Fsp3) is 0.333. The van der Waals surface area contributed by atoms with Crippen molar-refractivity contribution in [1.82, 2.24) is 14.9 Å². The van der Waals surface area contributed by atoms with Crippen LogP contribution in [0.25, 0.3) is 10.1 Å². The molecule has 3 N–H and O–H groups in total. The van der Waals surface area contributed by atoms with Gasteiger partial charge in [-0.3, -0.25) is 9.78 Å². The molecule has 1 aliphatic heterocycles. The minimum atomic E-state index is -0.361. The highest BCUT2D eigenvalue weighted by Crippen LogP contribution is 2.47. The molecule has 6 nitrogen and oxygen atoms in total. The lowest BCUT2D eigenvalue weighted by Gasteiger charge is -2.42. The molecule has 1 aromatic carbocycles. The van der Waals surface area contributed by atoms with Crippen molar-refractivity contribution in [2.45, 2.75) is 56.7 Å². The Hall–Kier alpha value is -3.32. The van der Waals surface area contributed by atoms with Gasteiger partial charge in [0.25, 0.3) is 0 Å². The predicted octanol–water partition coefficient (Wildman–Crippen LogP) is 5.62. The Morgan fingerprint density at radius 3 is 2.94 bits per heavy atom. The Morgan fingerprint density at radius 1 is 1.15 bits per heavy atom. The van der Waals surface area contributed by atoms with E-state index in [1.807, 2.05) is 24.4 Å². The van der Waals surface area contributed by atoms with E-state index in [-0.39, 0.29) is 29.9 Å². The molecule has 174 valence electrons. The van der Waals surface area contributed by atoms with Crippen LogP contribution >= 0.6 is 11.3 Å². The fourth-order valence-corrected chi connectivity index (χ4v) is 6.68. The number of aromatic nitrogens is 2. The summed E-state index contributed by atoms with van der Waals surface area (Å²) in [5.41, 5.74) is 3.66. The minimum absolute atomic E-state index is 0.0667. The van der Waals surface area contributed by atoms with E-state index in [2.05, 4.69) is 49.8 Å². The number of carbonyl (C=O) groups is 1. The molecule has 4 aromatic rings. The van der Waals surface area contributed by atoms with E-state index in [4.69, 9.17) is 0 Å². The van der Waals surface area contributed by atoms with Crippen LogP contribution in [0.4, 0.5) is 5.69 Å². The second kappa shape index (κ2) is 8.80. The van der Waals surface area contributed by atoms with Gasteiger partial charge in [0.2, 0.25) is 5.91 Å². The van der Waals surface area contributed by atoms with Crippen LogP contribution in [-0.4, -0.2) is 38.0 Å². The number of nitrogens with zero attached hydrogens (tertiary/aromatic N) is 2. The van der Waals surface area contributed by atoms with Crippen LogP contribution in [0.2, 0.25) is 0 Å². The maximum absolute atomic E-state index is 14.1. The van der Waals surface area contributed by atoms with Gasteiger partial charge < -0.3 is 20.3 Å². The summed E-state index contributed by atoms with van der Waals surface area (Å²) in [6, 6.07) is 14.1. The number of H-pyrrole nitrogens is 1. The summed E-state index contributed by atoms with van der Waals surface area (Å²) in [7, 11) is 0. The number of carbonyl (C=O) groups excluding carboxylic acids is 1. The van der Waals surface area contributed by atoms with Crippen LogP contribution in [-0.2, 0) is 11.2 Å². The lowest BCUT2D eigenvalue weighted by atomic mass is 9.87. The zero-order valence-electron chi connectivity index (χ0n) is 18.9. The van der Waals surface area contributed by atoms with Gasteiger partial charge in [0, 0.05) is 35.3 Å². The van der Waals surface area contributed by atoms with Gasteiger partial charge >= 0.3 is 0 Å². The van der Waals surface area contributed by atoms with E-state index in [1.54, 1.807) is 17.5 Å². The number of hydrogen-bond donors (Lipinski definition) is 3. The number of nitrogens with one attached hydrogen (secondary N) is 2. The molecule has 0 unspecified atom stereocenters. The van der Waals surface area contributed by atoms with Crippen LogP contribution in [0.15, 0.2) is 60.2 Å². The van der Waals surface area contributed by atoms with Crippen LogP contribution < -0.4 is 5.32 Å². The molecule has 0 radical (unpaired) electrons. The number of pyridine rings is 1. The summed E-state index contributed by atoms with van der Waals surface area (Å²) in [5.74, 6) is 0.235. The topological polar surface area (TPSA) is 81.2 Å². The van der Waals surface area contributed by atoms with E-state index in [1.165, 1.54) is 0 Å². The average Bonchev–Trinajstić information content (AvgIpc) is 3.45. The second-order valence-corrected chi connectivity index (χ2v) is 10.2. The zero-order chi connectivity index (χ0) is 23.1. The van der Waals surface area contributed by atoms with Gasteiger partial charge in [0.1, 0.15) is 0 Å². The van der Waals surface area contributed by atoms with Gasteiger partial charge in [-0.1, -0.05) is 37.1 Å². The maximum atomic E-state index is 14.1. The van der Waals surface area contributed by atoms with Gasteiger partial charge in [-0.05, 0) is 53.8 Å². The summed E-state index contributed by atoms with van der Waals surface area (Å²) in [6.45, 7) is 0. The summed E-state index contributed by atoms with van der Waals surface area (Å²) in [6.07, 6.45) is 8.82. The normalized spacial score (nSPS) is 22.0. The van der Waals surface area contributed by atoms with Crippen molar-refractivity contribution in [2.24, 2.45) is 0 Å².